The lowest BCUT2D eigenvalue weighted by atomic mass is 9.88. The summed E-state index contributed by atoms with van der Waals surface area (Å²) < 4.78 is 0. The Morgan fingerprint density at radius 2 is 1.62 bits per heavy atom. The van der Waals surface area contributed by atoms with E-state index < -0.39 is 11.5 Å². The van der Waals surface area contributed by atoms with Crippen molar-refractivity contribution in [2.24, 2.45) is 0 Å². The molecule has 0 spiro atoms. The molecule has 1 aliphatic rings. The van der Waals surface area contributed by atoms with E-state index in [9.17, 15) is 14.7 Å². The van der Waals surface area contributed by atoms with E-state index in [4.69, 9.17) is 5.73 Å². The van der Waals surface area contributed by atoms with Gasteiger partial charge in [0.2, 0.25) is 0 Å². The van der Waals surface area contributed by atoms with Crippen LogP contribution in [-0.4, -0.2) is 16.8 Å². The minimum absolute atomic E-state index is 0.298. The van der Waals surface area contributed by atoms with Gasteiger partial charge in [-0.1, -0.05) is 72.8 Å². The molecule has 0 saturated heterocycles. The maximum absolute atomic E-state index is 13.6. The number of anilines is 2. The average molecular weight is 422 g/mol. The van der Waals surface area contributed by atoms with Crippen molar-refractivity contribution in [1.29, 1.82) is 0 Å². The molecule has 32 heavy (non-hydrogen) atoms. The monoisotopic (exact) mass is 422 g/mol. The first-order valence-corrected chi connectivity index (χ1v) is 10.5. The Hall–Kier alpha value is -3.96. The third kappa shape index (κ3) is 3.24. The van der Waals surface area contributed by atoms with Crippen molar-refractivity contribution in [3.8, 4) is 0 Å². The van der Waals surface area contributed by atoms with E-state index in [2.05, 4.69) is 0 Å². The normalized spacial score (nSPS) is 17.5. The summed E-state index contributed by atoms with van der Waals surface area (Å²) in [6, 6.07) is 27.6. The van der Waals surface area contributed by atoms with Gasteiger partial charge >= 0.3 is 0 Å². The predicted octanol–water partition coefficient (Wildman–Crippen LogP) is 4.43. The van der Waals surface area contributed by atoms with Gasteiger partial charge in [0.25, 0.3) is 5.91 Å². The summed E-state index contributed by atoms with van der Waals surface area (Å²) >= 11 is 0. The minimum Gasteiger partial charge on any atom is -0.399 e. The van der Waals surface area contributed by atoms with Gasteiger partial charge in [0.1, 0.15) is 0 Å². The molecule has 0 saturated carbocycles. The second-order valence-corrected chi connectivity index (χ2v) is 8.13. The van der Waals surface area contributed by atoms with Crippen molar-refractivity contribution in [1.82, 2.24) is 0 Å². The number of amides is 1. The van der Waals surface area contributed by atoms with E-state index in [0.717, 1.165) is 16.3 Å². The number of ketones is 1. The molecule has 1 atom stereocenters. The van der Waals surface area contributed by atoms with Crippen LogP contribution in [0.3, 0.4) is 0 Å². The Balaban J connectivity index is 1.52. The fourth-order valence-electron chi connectivity index (χ4n) is 4.48. The number of carbonyl (C=O) groups is 2. The van der Waals surface area contributed by atoms with Crippen LogP contribution in [0.15, 0.2) is 91.0 Å². The van der Waals surface area contributed by atoms with Gasteiger partial charge in [-0.3, -0.25) is 9.59 Å². The fraction of sp³-hybridized carbons (Fsp3) is 0.111. The molecular formula is C27H22N2O3. The molecule has 5 heteroatoms. The van der Waals surface area contributed by atoms with E-state index in [0.29, 0.717) is 29.0 Å². The molecule has 0 radical (unpaired) electrons. The van der Waals surface area contributed by atoms with E-state index in [-0.39, 0.29) is 12.2 Å². The Labute approximate surface area is 185 Å². The molecule has 4 aromatic carbocycles. The highest BCUT2D eigenvalue weighted by atomic mass is 16.3. The number of hydrogen-bond donors (Lipinski definition) is 2. The zero-order valence-electron chi connectivity index (χ0n) is 17.4. The number of Topliss-reactive ketones (excluding diaryl/α,β-unsaturated/α-hetero) is 1. The number of nitrogens with two attached hydrogens (primary N) is 1. The van der Waals surface area contributed by atoms with Gasteiger partial charge in [-0.25, -0.2) is 0 Å². The number of para-hydroxylation sites is 1. The number of carbonyl (C=O) groups excluding carboxylic acids is 2. The molecule has 5 nitrogen and oxygen atoms in total. The number of benzene rings is 4. The molecule has 3 N–H and O–H groups in total. The molecule has 4 aromatic rings. The smallest absolute Gasteiger partial charge is 0.264 e. The van der Waals surface area contributed by atoms with E-state index in [1.54, 1.807) is 47.4 Å². The van der Waals surface area contributed by atoms with Crippen molar-refractivity contribution >= 4 is 33.8 Å². The maximum atomic E-state index is 13.6. The molecule has 158 valence electrons. The van der Waals surface area contributed by atoms with Gasteiger partial charge in [-0.05, 0) is 34.5 Å². The number of hydrogen-bond acceptors (Lipinski definition) is 4. The van der Waals surface area contributed by atoms with Gasteiger partial charge < -0.3 is 15.7 Å². The van der Waals surface area contributed by atoms with Crippen molar-refractivity contribution in [3.63, 3.8) is 0 Å². The number of fused-ring (bicyclic) bond motifs is 2. The van der Waals surface area contributed by atoms with Crippen LogP contribution in [-0.2, 0) is 16.9 Å². The average Bonchev–Trinajstić information content (AvgIpc) is 3.01. The van der Waals surface area contributed by atoms with Crippen LogP contribution < -0.4 is 10.6 Å². The van der Waals surface area contributed by atoms with Gasteiger partial charge in [0.15, 0.2) is 11.4 Å². The standard InChI is InChI=1S/C27H22N2O3/c28-21-11-6-9-19(15-21)25(30)16-27(32)23-13-3-4-14-24(23)29(26(27)31)17-20-10-5-8-18-7-1-2-12-22(18)20/h1-15,32H,16-17,28H2/t27-/m1/s1. The van der Waals surface area contributed by atoms with Crippen LogP contribution in [0, 0.1) is 0 Å². The SMILES string of the molecule is Nc1cccc(C(=O)C[C@]2(O)C(=O)N(Cc3cccc4ccccc34)c3ccccc32)c1. The van der Waals surface area contributed by atoms with Crippen molar-refractivity contribution in [2.45, 2.75) is 18.6 Å². The highest BCUT2D eigenvalue weighted by molar-refractivity contribution is 6.11. The molecule has 1 amide bonds. The molecular weight excluding hydrogens is 400 g/mol. The zero-order chi connectivity index (χ0) is 22.3. The summed E-state index contributed by atoms with van der Waals surface area (Å²) in [5, 5.41) is 13.7. The van der Waals surface area contributed by atoms with Crippen molar-refractivity contribution in [3.05, 3.63) is 108 Å². The third-order valence-electron chi connectivity index (χ3n) is 6.07. The summed E-state index contributed by atoms with van der Waals surface area (Å²) in [4.78, 5) is 28.1. The van der Waals surface area contributed by atoms with Crippen molar-refractivity contribution in [2.75, 3.05) is 10.6 Å². The highest BCUT2D eigenvalue weighted by Crippen LogP contribution is 2.44. The Morgan fingerprint density at radius 3 is 2.47 bits per heavy atom. The van der Waals surface area contributed by atoms with Gasteiger partial charge in [-0.2, -0.15) is 0 Å². The second kappa shape index (κ2) is 7.62. The first-order chi connectivity index (χ1) is 15.5. The lowest BCUT2D eigenvalue weighted by Crippen LogP contribution is -2.41. The molecule has 0 bridgehead atoms. The first kappa shape index (κ1) is 20.0. The minimum atomic E-state index is -1.93. The lowest BCUT2D eigenvalue weighted by molar-refractivity contribution is -0.136. The molecule has 1 heterocycles. The van der Waals surface area contributed by atoms with E-state index >= 15 is 0 Å². The molecule has 0 unspecified atom stereocenters. The first-order valence-electron chi connectivity index (χ1n) is 10.5. The second-order valence-electron chi connectivity index (χ2n) is 8.13. The van der Waals surface area contributed by atoms with Gasteiger partial charge in [0.05, 0.1) is 18.7 Å². The maximum Gasteiger partial charge on any atom is 0.264 e. The molecule has 0 aliphatic carbocycles. The van der Waals surface area contributed by atoms with Gasteiger partial charge in [0, 0.05) is 16.8 Å². The van der Waals surface area contributed by atoms with Crippen LogP contribution in [0.4, 0.5) is 11.4 Å². The third-order valence-corrected chi connectivity index (χ3v) is 6.07. The van der Waals surface area contributed by atoms with Crippen LogP contribution in [0.5, 0.6) is 0 Å². The number of aliphatic hydroxyl groups is 1. The summed E-state index contributed by atoms with van der Waals surface area (Å²) in [6.45, 7) is 0.298. The van der Waals surface area contributed by atoms with Crippen LogP contribution >= 0.6 is 0 Å². The quantitative estimate of drug-likeness (QED) is 0.368. The molecule has 0 fully saturated rings. The van der Waals surface area contributed by atoms with E-state index in [1.165, 1.54) is 0 Å². The number of nitrogen functional groups attached to an aromatic ring is 1. The lowest BCUT2D eigenvalue weighted by Gasteiger charge is -2.23. The predicted molar refractivity (Wildman–Crippen MR) is 125 cm³/mol. The van der Waals surface area contributed by atoms with Crippen LogP contribution in [0.2, 0.25) is 0 Å². The summed E-state index contributed by atoms with van der Waals surface area (Å²) in [5.41, 5.74) is 6.74. The Bertz CT molecular complexity index is 1360. The number of rotatable bonds is 5. The van der Waals surface area contributed by atoms with Crippen LogP contribution in [0.25, 0.3) is 10.8 Å². The van der Waals surface area contributed by atoms with Gasteiger partial charge in [-0.15, -0.1) is 0 Å². The zero-order valence-corrected chi connectivity index (χ0v) is 17.4. The molecule has 0 aromatic heterocycles. The largest absolute Gasteiger partial charge is 0.399 e. The van der Waals surface area contributed by atoms with Crippen molar-refractivity contribution < 1.29 is 14.7 Å². The highest BCUT2D eigenvalue weighted by Gasteiger charge is 2.50. The summed E-state index contributed by atoms with van der Waals surface area (Å²) in [7, 11) is 0. The molecule has 5 rings (SSSR count). The number of nitrogens with zero attached hydrogens (tertiary/aromatic N) is 1. The van der Waals surface area contributed by atoms with E-state index in [1.807, 2.05) is 48.5 Å². The summed E-state index contributed by atoms with van der Waals surface area (Å²) in [6.07, 6.45) is -0.349. The Morgan fingerprint density at radius 1 is 0.906 bits per heavy atom. The topological polar surface area (TPSA) is 83.6 Å². The Kier molecular flexibility index (Phi) is 4.76. The summed E-state index contributed by atoms with van der Waals surface area (Å²) in [5.74, 6) is -0.834. The van der Waals surface area contributed by atoms with Crippen LogP contribution in [0.1, 0.15) is 27.9 Å². The fourth-order valence-corrected chi connectivity index (χ4v) is 4.48. The molecule has 1 aliphatic heterocycles.